The van der Waals surface area contributed by atoms with Gasteiger partial charge in [0.2, 0.25) is 5.91 Å². The second-order valence-corrected chi connectivity index (χ2v) is 7.93. The van der Waals surface area contributed by atoms with E-state index < -0.39 is 5.82 Å². The third kappa shape index (κ3) is 3.91. The van der Waals surface area contributed by atoms with Gasteiger partial charge in [0, 0.05) is 17.3 Å². The summed E-state index contributed by atoms with van der Waals surface area (Å²) in [6, 6.07) is 6.67. The number of amides is 1. The van der Waals surface area contributed by atoms with Crippen LogP contribution in [0, 0.1) is 31.0 Å². The molecule has 25 heavy (non-hydrogen) atoms. The van der Waals surface area contributed by atoms with Crippen LogP contribution in [0.25, 0.3) is 5.69 Å². The van der Waals surface area contributed by atoms with Gasteiger partial charge in [0.25, 0.3) is 0 Å². The zero-order chi connectivity index (χ0) is 18.2. The molecule has 0 bridgehead atoms. The number of hydrogen-bond donors (Lipinski definition) is 1. The number of nitrogens with one attached hydrogen (secondary N) is 1. The van der Waals surface area contributed by atoms with Crippen molar-refractivity contribution in [1.29, 1.82) is 0 Å². The van der Waals surface area contributed by atoms with Crippen molar-refractivity contribution >= 4 is 11.6 Å². The third-order valence-electron chi connectivity index (χ3n) is 5.16. The fourth-order valence-electron chi connectivity index (χ4n) is 3.53. The van der Waals surface area contributed by atoms with E-state index in [2.05, 4.69) is 24.3 Å². The smallest absolute Gasteiger partial charge is 0.227 e. The first-order chi connectivity index (χ1) is 11.7. The summed E-state index contributed by atoms with van der Waals surface area (Å²) in [6.07, 6.45) is 3.89. The van der Waals surface area contributed by atoms with Crippen LogP contribution in [0.5, 0.6) is 0 Å². The number of hydrogen-bond acceptors (Lipinski definition) is 2. The molecule has 1 aliphatic rings. The zero-order valence-corrected chi connectivity index (χ0v) is 15.4. The van der Waals surface area contributed by atoms with Gasteiger partial charge in [-0.25, -0.2) is 9.07 Å². The summed E-state index contributed by atoms with van der Waals surface area (Å²) >= 11 is 0. The minimum Gasteiger partial charge on any atom is -0.326 e. The van der Waals surface area contributed by atoms with Gasteiger partial charge in [-0.2, -0.15) is 5.10 Å². The standard InChI is InChI=1S/C20H26FN3O/c1-13-11-14(2)24(23-13)18-6-5-16(12-17(18)21)22-19(25)15-7-9-20(3,4)10-8-15/h5-6,11-12,15H,7-10H2,1-4H3,(H,22,25). The average molecular weight is 343 g/mol. The largest absolute Gasteiger partial charge is 0.326 e. The normalized spacial score (nSPS) is 17.5. The van der Waals surface area contributed by atoms with E-state index in [0.717, 1.165) is 37.1 Å². The van der Waals surface area contributed by atoms with Crippen molar-refractivity contribution in [2.45, 2.75) is 53.4 Å². The highest BCUT2D eigenvalue weighted by atomic mass is 19.1. The van der Waals surface area contributed by atoms with E-state index in [4.69, 9.17) is 0 Å². The van der Waals surface area contributed by atoms with E-state index in [1.165, 1.54) is 6.07 Å². The van der Waals surface area contributed by atoms with Gasteiger partial charge in [0.1, 0.15) is 5.69 Å². The Labute approximate surface area is 148 Å². The van der Waals surface area contributed by atoms with Crippen LogP contribution in [0.15, 0.2) is 24.3 Å². The Morgan fingerprint density at radius 1 is 1.24 bits per heavy atom. The number of carbonyl (C=O) groups is 1. The second-order valence-electron chi connectivity index (χ2n) is 7.93. The van der Waals surface area contributed by atoms with E-state index >= 15 is 0 Å². The monoisotopic (exact) mass is 343 g/mol. The number of aryl methyl sites for hydroxylation is 2. The molecule has 5 heteroatoms. The summed E-state index contributed by atoms with van der Waals surface area (Å²) in [6.45, 7) is 8.25. The molecule has 1 saturated carbocycles. The molecule has 0 aliphatic heterocycles. The van der Waals surface area contributed by atoms with Crippen LogP contribution in [0.1, 0.15) is 50.9 Å². The lowest BCUT2D eigenvalue weighted by molar-refractivity contribution is -0.121. The van der Waals surface area contributed by atoms with Gasteiger partial charge in [-0.1, -0.05) is 13.8 Å². The summed E-state index contributed by atoms with van der Waals surface area (Å²) in [5.74, 6) is -0.380. The number of anilines is 1. The summed E-state index contributed by atoms with van der Waals surface area (Å²) in [4.78, 5) is 12.5. The number of rotatable bonds is 3. The van der Waals surface area contributed by atoms with E-state index in [1.54, 1.807) is 16.8 Å². The first kappa shape index (κ1) is 17.6. The molecule has 134 valence electrons. The lowest BCUT2D eigenvalue weighted by Crippen LogP contribution is -2.30. The van der Waals surface area contributed by atoms with Gasteiger partial charge >= 0.3 is 0 Å². The van der Waals surface area contributed by atoms with Crippen molar-refractivity contribution < 1.29 is 9.18 Å². The molecule has 0 unspecified atom stereocenters. The van der Waals surface area contributed by atoms with Crippen LogP contribution >= 0.6 is 0 Å². The van der Waals surface area contributed by atoms with Crippen molar-refractivity contribution in [2.24, 2.45) is 11.3 Å². The van der Waals surface area contributed by atoms with Crippen molar-refractivity contribution in [3.05, 3.63) is 41.5 Å². The van der Waals surface area contributed by atoms with Crippen LogP contribution in [0.3, 0.4) is 0 Å². The van der Waals surface area contributed by atoms with E-state index in [0.29, 0.717) is 16.8 Å². The quantitative estimate of drug-likeness (QED) is 0.871. The molecule has 0 atom stereocenters. The van der Waals surface area contributed by atoms with Gasteiger partial charge in [-0.05, 0) is 69.2 Å². The van der Waals surface area contributed by atoms with Crippen molar-refractivity contribution in [2.75, 3.05) is 5.32 Å². The van der Waals surface area contributed by atoms with Crippen molar-refractivity contribution in [3.63, 3.8) is 0 Å². The molecule has 0 saturated heterocycles. The van der Waals surface area contributed by atoms with Crippen molar-refractivity contribution in [1.82, 2.24) is 9.78 Å². The number of benzene rings is 1. The van der Waals surface area contributed by atoms with Crippen LogP contribution < -0.4 is 5.32 Å². The van der Waals surface area contributed by atoms with Gasteiger partial charge < -0.3 is 5.32 Å². The highest BCUT2D eigenvalue weighted by molar-refractivity contribution is 5.92. The Bertz CT molecular complexity index is 784. The first-order valence-electron chi connectivity index (χ1n) is 8.89. The lowest BCUT2D eigenvalue weighted by atomic mass is 9.73. The Morgan fingerprint density at radius 3 is 2.48 bits per heavy atom. The summed E-state index contributed by atoms with van der Waals surface area (Å²) in [5, 5.41) is 7.18. The molecule has 1 N–H and O–H groups in total. The van der Waals surface area contributed by atoms with E-state index in [-0.39, 0.29) is 11.8 Å². The molecular weight excluding hydrogens is 317 g/mol. The lowest BCUT2D eigenvalue weighted by Gasteiger charge is -2.33. The summed E-state index contributed by atoms with van der Waals surface area (Å²) in [7, 11) is 0. The highest BCUT2D eigenvalue weighted by Crippen LogP contribution is 2.38. The fourth-order valence-corrected chi connectivity index (χ4v) is 3.53. The molecule has 4 nitrogen and oxygen atoms in total. The number of aromatic nitrogens is 2. The molecule has 0 spiro atoms. The van der Waals surface area contributed by atoms with Gasteiger partial charge in [-0.3, -0.25) is 4.79 Å². The van der Waals surface area contributed by atoms with Gasteiger partial charge in [-0.15, -0.1) is 0 Å². The minimum atomic E-state index is -0.395. The fraction of sp³-hybridized carbons (Fsp3) is 0.500. The molecule has 3 rings (SSSR count). The van der Waals surface area contributed by atoms with Crippen LogP contribution in [0.4, 0.5) is 10.1 Å². The van der Waals surface area contributed by atoms with Crippen LogP contribution in [-0.4, -0.2) is 15.7 Å². The third-order valence-corrected chi connectivity index (χ3v) is 5.16. The second kappa shape index (κ2) is 6.62. The maximum absolute atomic E-state index is 14.5. The van der Waals surface area contributed by atoms with E-state index in [9.17, 15) is 9.18 Å². The van der Waals surface area contributed by atoms with Crippen LogP contribution in [-0.2, 0) is 4.79 Å². The molecule has 1 amide bonds. The molecule has 1 heterocycles. The van der Waals surface area contributed by atoms with E-state index in [1.807, 2.05) is 19.9 Å². The Morgan fingerprint density at radius 2 is 1.92 bits per heavy atom. The maximum atomic E-state index is 14.5. The first-order valence-corrected chi connectivity index (χ1v) is 8.89. The molecule has 1 fully saturated rings. The maximum Gasteiger partial charge on any atom is 0.227 e. The average Bonchev–Trinajstić information content (AvgIpc) is 2.85. The minimum absolute atomic E-state index is 0.00577. The molecule has 1 aromatic carbocycles. The molecule has 0 radical (unpaired) electrons. The molecule has 1 aliphatic carbocycles. The molecule has 1 aromatic heterocycles. The van der Waals surface area contributed by atoms with Crippen LogP contribution in [0.2, 0.25) is 0 Å². The van der Waals surface area contributed by atoms with Crippen molar-refractivity contribution in [3.8, 4) is 5.69 Å². The van der Waals surface area contributed by atoms with Gasteiger partial charge in [0.15, 0.2) is 5.82 Å². The Hall–Kier alpha value is -2.17. The SMILES string of the molecule is Cc1cc(C)n(-c2ccc(NC(=O)C3CCC(C)(C)CC3)cc2F)n1. The number of halogens is 1. The summed E-state index contributed by atoms with van der Waals surface area (Å²) in [5.41, 5.74) is 2.93. The molecule has 2 aromatic rings. The van der Waals surface area contributed by atoms with Gasteiger partial charge in [0.05, 0.1) is 5.69 Å². The highest BCUT2D eigenvalue weighted by Gasteiger charge is 2.30. The molecular formula is C20H26FN3O. The Balaban J connectivity index is 1.71. The summed E-state index contributed by atoms with van der Waals surface area (Å²) < 4.78 is 16.1. The zero-order valence-electron chi connectivity index (χ0n) is 15.4. The topological polar surface area (TPSA) is 46.9 Å². The predicted molar refractivity (Wildman–Crippen MR) is 97.4 cm³/mol. The Kier molecular flexibility index (Phi) is 4.67. The predicted octanol–water partition coefficient (Wildman–Crippen LogP) is 4.78. The number of carbonyl (C=O) groups excluding carboxylic acids is 1. The number of nitrogens with zero attached hydrogens (tertiary/aromatic N) is 2.